The number of carboxylic acid groups (broad SMARTS) is 1. The molecule has 12 heavy (non-hydrogen) atoms. The lowest BCUT2D eigenvalue weighted by atomic mass is 10.2. The van der Waals surface area contributed by atoms with Crippen molar-refractivity contribution in [1.82, 2.24) is 4.90 Å². The SMILES string of the molecule is CN(CC(=O)O)[C@H]1CCC[C@H]1O. The second-order valence-corrected chi connectivity index (χ2v) is 3.37. The molecular formula is C8H15NO3. The first-order chi connectivity index (χ1) is 5.61. The van der Waals surface area contributed by atoms with Crippen LogP contribution in [0.3, 0.4) is 0 Å². The van der Waals surface area contributed by atoms with Crippen LogP contribution in [-0.4, -0.2) is 46.8 Å². The second-order valence-electron chi connectivity index (χ2n) is 3.37. The third-order valence-corrected chi connectivity index (χ3v) is 2.39. The van der Waals surface area contributed by atoms with Gasteiger partial charge in [-0.25, -0.2) is 0 Å². The highest BCUT2D eigenvalue weighted by atomic mass is 16.4. The van der Waals surface area contributed by atoms with Gasteiger partial charge in [-0.15, -0.1) is 0 Å². The van der Waals surface area contributed by atoms with Gasteiger partial charge in [0.25, 0.3) is 0 Å². The van der Waals surface area contributed by atoms with Gasteiger partial charge in [0.15, 0.2) is 0 Å². The van der Waals surface area contributed by atoms with Crippen molar-refractivity contribution in [1.29, 1.82) is 0 Å². The summed E-state index contributed by atoms with van der Waals surface area (Å²) in [6.07, 6.45) is 2.37. The quantitative estimate of drug-likeness (QED) is 0.626. The fraction of sp³-hybridized carbons (Fsp3) is 0.875. The summed E-state index contributed by atoms with van der Waals surface area (Å²) in [6.45, 7) is 0.0156. The normalized spacial score (nSPS) is 29.6. The Kier molecular flexibility index (Phi) is 3.05. The van der Waals surface area contributed by atoms with Crippen LogP contribution >= 0.6 is 0 Å². The Labute approximate surface area is 71.8 Å². The predicted octanol–water partition coefficient (Wildman–Crippen LogP) is -0.0838. The first-order valence-corrected chi connectivity index (χ1v) is 4.21. The molecule has 1 aliphatic rings. The van der Waals surface area contributed by atoms with Gasteiger partial charge in [-0.2, -0.15) is 0 Å². The van der Waals surface area contributed by atoms with Gasteiger partial charge in [-0.3, -0.25) is 9.69 Å². The number of hydrogen-bond donors (Lipinski definition) is 2. The van der Waals surface area contributed by atoms with Gasteiger partial charge in [0.2, 0.25) is 0 Å². The van der Waals surface area contributed by atoms with Crippen LogP contribution in [0.4, 0.5) is 0 Å². The third kappa shape index (κ3) is 2.19. The molecule has 0 bridgehead atoms. The number of likely N-dealkylation sites (N-methyl/N-ethyl adjacent to an activating group) is 1. The van der Waals surface area contributed by atoms with Gasteiger partial charge >= 0.3 is 5.97 Å². The predicted molar refractivity (Wildman–Crippen MR) is 43.9 cm³/mol. The number of aliphatic hydroxyl groups excluding tert-OH is 1. The lowest BCUT2D eigenvalue weighted by molar-refractivity contribution is -0.138. The van der Waals surface area contributed by atoms with Crippen molar-refractivity contribution >= 4 is 5.97 Å². The Morgan fingerprint density at radius 3 is 2.67 bits per heavy atom. The molecule has 0 aromatic heterocycles. The van der Waals surface area contributed by atoms with E-state index in [0.717, 1.165) is 19.3 Å². The molecule has 4 heteroatoms. The molecule has 2 N–H and O–H groups in total. The van der Waals surface area contributed by atoms with Crippen LogP contribution < -0.4 is 0 Å². The van der Waals surface area contributed by atoms with E-state index in [0.29, 0.717) is 0 Å². The number of carbonyl (C=O) groups is 1. The number of aliphatic carboxylic acids is 1. The highest BCUT2D eigenvalue weighted by molar-refractivity contribution is 5.69. The maximum Gasteiger partial charge on any atom is 0.317 e. The Balaban J connectivity index is 2.40. The fourth-order valence-corrected chi connectivity index (χ4v) is 1.77. The monoisotopic (exact) mass is 173 g/mol. The van der Waals surface area contributed by atoms with Crippen molar-refractivity contribution in [3.63, 3.8) is 0 Å². The van der Waals surface area contributed by atoms with Crippen LogP contribution in [0.2, 0.25) is 0 Å². The number of aliphatic hydroxyl groups is 1. The van der Waals surface area contributed by atoms with Crippen LogP contribution in [-0.2, 0) is 4.79 Å². The molecule has 0 aliphatic heterocycles. The molecule has 0 aromatic carbocycles. The van der Waals surface area contributed by atoms with E-state index in [1.807, 2.05) is 0 Å². The Morgan fingerprint density at radius 2 is 2.25 bits per heavy atom. The molecule has 0 saturated heterocycles. The van der Waals surface area contributed by atoms with Crippen molar-refractivity contribution in [3.05, 3.63) is 0 Å². The van der Waals surface area contributed by atoms with E-state index in [1.165, 1.54) is 0 Å². The smallest absolute Gasteiger partial charge is 0.317 e. The van der Waals surface area contributed by atoms with E-state index < -0.39 is 5.97 Å². The summed E-state index contributed by atoms with van der Waals surface area (Å²) >= 11 is 0. The molecule has 1 rings (SSSR count). The van der Waals surface area contributed by atoms with Crippen LogP contribution in [0.1, 0.15) is 19.3 Å². The van der Waals surface area contributed by atoms with Gasteiger partial charge < -0.3 is 10.2 Å². The van der Waals surface area contributed by atoms with E-state index in [1.54, 1.807) is 11.9 Å². The standard InChI is InChI=1S/C8H15NO3/c1-9(5-8(11)12)6-3-2-4-7(6)10/h6-7,10H,2-5H2,1H3,(H,11,12)/t6-,7+/m0/s1. The van der Waals surface area contributed by atoms with E-state index in [4.69, 9.17) is 5.11 Å². The highest BCUT2D eigenvalue weighted by Crippen LogP contribution is 2.22. The minimum atomic E-state index is -0.836. The van der Waals surface area contributed by atoms with Crippen molar-refractivity contribution in [3.8, 4) is 0 Å². The zero-order valence-electron chi connectivity index (χ0n) is 7.23. The summed E-state index contributed by atoms with van der Waals surface area (Å²) in [5.74, 6) is -0.836. The first kappa shape index (κ1) is 9.48. The van der Waals surface area contributed by atoms with Crippen LogP contribution in [0.25, 0.3) is 0 Å². The molecular weight excluding hydrogens is 158 g/mol. The zero-order chi connectivity index (χ0) is 9.14. The van der Waals surface area contributed by atoms with Gasteiger partial charge in [-0.1, -0.05) is 0 Å². The lowest BCUT2D eigenvalue weighted by Crippen LogP contribution is -2.40. The van der Waals surface area contributed by atoms with Gasteiger partial charge in [-0.05, 0) is 26.3 Å². The molecule has 1 saturated carbocycles. The van der Waals surface area contributed by atoms with Gasteiger partial charge in [0.1, 0.15) is 0 Å². The molecule has 1 aliphatic carbocycles. The molecule has 4 nitrogen and oxygen atoms in total. The number of hydrogen-bond acceptors (Lipinski definition) is 3. The highest BCUT2D eigenvalue weighted by Gasteiger charge is 2.29. The average molecular weight is 173 g/mol. The number of nitrogens with zero attached hydrogens (tertiary/aromatic N) is 1. The van der Waals surface area contributed by atoms with Crippen LogP contribution in [0, 0.1) is 0 Å². The molecule has 0 spiro atoms. The third-order valence-electron chi connectivity index (χ3n) is 2.39. The molecule has 70 valence electrons. The van der Waals surface area contributed by atoms with Crippen molar-refractivity contribution in [2.24, 2.45) is 0 Å². The van der Waals surface area contributed by atoms with Crippen molar-refractivity contribution in [2.45, 2.75) is 31.4 Å². The summed E-state index contributed by atoms with van der Waals surface area (Å²) in [5, 5.41) is 17.9. The van der Waals surface area contributed by atoms with Crippen molar-refractivity contribution < 1.29 is 15.0 Å². The summed E-state index contributed by atoms with van der Waals surface area (Å²) in [4.78, 5) is 12.1. The van der Waals surface area contributed by atoms with Crippen LogP contribution in [0.15, 0.2) is 0 Å². The fourth-order valence-electron chi connectivity index (χ4n) is 1.77. The second kappa shape index (κ2) is 3.87. The molecule has 0 heterocycles. The number of carboxylic acids is 1. The minimum Gasteiger partial charge on any atom is -0.480 e. The minimum absolute atomic E-state index is 0.0156. The first-order valence-electron chi connectivity index (χ1n) is 4.21. The zero-order valence-corrected chi connectivity index (χ0v) is 7.23. The Bertz CT molecular complexity index is 172. The molecule has 1 fully saturated rings. The Morgan fingerprint density at radius 1 is 1.58 bits per heavy atom. The largest absolute Gasteiger partial charge is 0.480 e. The molecule has 2 atom stereocenters. The van der Waals surface area contributed by atoms with E-state index in [-0.39, 0.29) is 18.7 Å². The Hall–Kier alpha value is -0.610. The molecule has 0 unspecified atom stereocenters. The van der Waals surface area contributed by atoms with E-state index in [2.05, 4.69) is 0 Å². The topological polar surface area (TPSA) is 60.8 Å². The summed E-state index contributed by atoms with van der Waals surface area (Å²) in [7, 11) is 1.74. The molecule has 0 aromatic rings. The van der Waals surface area contributed by atoms with Crippen molar-refractivity contribution in [2.75, 3.05) is 13.6 Å². The number of rotatable bonds is 3. The summed E-state index contributed by atoms with van der Waals surface area (Å²) in [6, 6.07) is 0.0427. The summed E-state index contributed by atoms with van der Waals surface area (Å²) < 4.78 is 0. The maximum atomic E-state index is 10.3. The van der Waals surface area contributed by atoms with Crippen LogP contribution in [0.5, 0.6) is 0 Å². The lowest BCUT2D eigenvalue weighted by Gasteiger charge is -2.24. The molecule has 0 radical (unpaired) electrons. The maximum absolute atomic E-state index is 10.3. The van der Waals surface area contributed by atoms with Gasteiger partial charge in [0, 0.05) is 6.04 Å². The summed E-state index contributed by atoms with van der Waals surface area (Å²) in [5.41, 5.74) is 0. The van der Waals surface area contributed by atoms with E-state index in [9.17, 15) is 9.90 Å². The van der Waals surface area contributed by atoms with Gasteiger partial charge in [0.05, 0.1) is 12.6 Å². The van der Waals surface area contributed by atoms with E-state index >= 15 is 0 Å². The average Bonchev–Trinajstić information content (AvgIpc) is 2.33. The molecule has 0 amide bonds.